The average Bonchev–Trinajstić information content (AvgIpc) is 2.91. The lowest BCUT2D eigenvalue weighted by Gasteiger charge is -2.11. The summed E-state index contributed by atoms with van der Waals surface area (Å²) in [6, 6.07) is 9.74. The van der Waals surface area contributed by atoms with E-state index in [0.29, 0.717) is 11.5 Å². The third-order valence-electron chi connectivity index (χ3n) is 3.27. The first-order chi connectivity index (χ1) is 9.24. The number of amides is 1. The molecular formula is C14H15N3OS. The molecule has 0 bridgehead atoms. The zero-order valence-corrected chi connectivity index (χ0v) is 11.2. The van der Waals surface area contributed by atoms with Gasteiger partial charge < -0.3 is 11.1 Å². The average molecular weight is 273 g/mol. The van der Waals surface area contributed by atoms with Gasteiger partial charge in [0.05, 0.1) is 0 Å². The Labute approximate surface area is 115 Å². The van der Waals surface area contributed by atoms with Crippen LogP contribution >= 0.6 is 11.8 Å². The van der Waals surface area contributed by atoms with Crippen LogP contribution in [0.1, 0.15) is 16.9 Å². The quantitative estimate of drug-likeness (QED) is 0.878. The number of nitrogen functional groups attached to an aromatic ring is 1. The molecule has 0 aliphatic carbocycles. The number of nitrogens with zero attached hydrogens (tertiary/aromatic N) is 1. The van der Waals surface area contributed by atoms with Crippen LogP contribution < -0.4 is 11.1 Å². The lowest BCUT2D eigenvalue weighted by molar-refractivity contribution is 0.0936. The number of pyridine rings is 1. The second kappa shape index (κ2) is 5.09. The molecule has 0 radical (unpaired) electrons. The van der Waals surface area contributed by atoms with Crippen LogP contribution in [0.4, 0.5) is 5.82 Å². The van der Waals surface area contributed by atoms with Crippen molar-refractivity contribution in [1.82, 2.24) is 10.3 Å². The second-order valence-electron chi connectivity index (χ2n) is 4.65. The standard InChI is InChI=1S/C14H15N3OS/c15-13-11-4-2-1-3-9(11)7-12(17-13)14(18)16-10-5-6-19-8-10/h1-4,7,10H,5-6,8H2,(H2,15,17)(H,16,18). The maximum atomic E-state index is 12.2. The van der Waals surface area contributed by atoms with Crippen molar-refractivity contribution in [2.75, 3.05) is 17.2 Å². The number of thioether (sulfide) groups is 1. The second-order valence-corrected chi connectivity index (χ2v) is 5.80. The molecule has 1 aromatic heterocycles. The minimum Gasteiger partial charge on any atom is -0.383 e. The number of hydrogen-bond acceptors (Lipinski definition) is 4. The van der Waals surface area contributed by atoms with Gasteiger partial charge in [-0.15, -0.1) is 0 Å². The van der Waals surface area contributed by atoms with Gasteiger partial charge in [-0.25, -0.2) is 4.98 Å². The van der Waals surface area contributed by atoms with Crippen molar-refractivity contribution in [2.45, 2.75) is 12.5 Å². The highest BCUT2D eigenvalue weighted by molar-refractivity contribution is 7.99. The van der Waals surface area contributed by atoms with Crippen LogP contribution in [0, 0.1) is 0 Å². The van der Waals surface area contributed by atoms with E-state index in [2.05, 4.69) is 10.3 Å². The number of nitrogens with two attached hydrogens (primary N) is 1. The number of hydrogen-bond donors (Lipinski definition) is 2. The number of benzene rings is 1. The van der Waals surface area contributed by atoms with E-state index in [9.17, 15) is 4.79 Å². The molecule has 0 spiro atoms. The third-order valence-corrected chi connectivity index (χ3v) is 4.43. The number of rotatable bonds is 2. The van der Waals surface area contributed by atoms with Gasteiger partial charge in [0, 0.05) is 17.2 Å². The van der Waals surface area contributed by atoms with E-state index >= 15 is 0 Å². The Morgan fingerprint density at radius 3 is 3.05 bits per heavy atom. The van der Waals surface area contributed by atoms with Gasteiger partial charge in [0.25, 0.3) is 5.91 Å². The van der Waals surface area contributed by atoms with E-state index in [-0.39, 0.29) is 11.9 Å². The number of anilines is 1. The lowest BCUT2D eigenvalue weighted by atomic mass is 10.1. The molecule has 0 saturated carbocycles. The summed E-state index contributed by atoms with van der Waals surface area (Å²) < 4.78 is 0. The first kappa shape index (κ1) is 12.3. The zero-order chi connectivity index (χ0) is 13.2. The van der Waals surface area contributed by atoms with Crippen molar-refractivity contribution in [3.05, 3.63) is 36.0 Å². The molecular weight excluding hydrogens is 258 g/mol. The van der Waals surface area contributed by atoms with Crippen LogP contribution in [0.5, 0.6) is 0 Å². The molecule has 4 nitrogen and oxygen atoms in total. The van der Waals surface area contributed by atoms with Gasteiger partial charge in [-0.05, 0) is 23.6 Å². The SMILES string of the molecule is Nc1nc(C(=O)NC2CCSC2)cc2ccccc12. The summed E-state index contributed by atoms with van der Waals surface area (Å²) in [5, 5.41) is 4.84. The van der Waals surface area contributed by atoms with Crippen molar-refractivity contribution >= 4 is 34.3 Å². The Hall–Kier alpha value is -1.75. The number of nitrogens with one attached hydrogen (secondary N) is 1. The zero-order valence-electron chi connectivity index (χ0n) is 10.4. The fourth-order valence-corrected chi connectivity index (χ4v) is 3.40. The molecule has 2 heterocycles. The van der Waals surface area contributed by atoms with Crippen LogP contribution in [-0.2, 0) is 0 Å². The van der Waals surface area contributed by atoms with Crippen LogP contribution in [0.3, 0.4) is 0 Å². The Kier molecular flexibility index (Phi) is 3.29. The van der Waals surface area contributed by atoms with E-state index in [1.165, 1.54) is 0 Å². The van der Waals surface area contributed by atoms with Crippen molar-refractivity contribution < 1.29 is 4.79 Å². The fraction of sp³-hybridized carbons (Fsp3) is 0.286. The number of fused-ring (bicyclic) bond motifs is 1. The lowest BCUT2D eigenvalue weighted by Crippen LogP contribution is -2.35. The maximum Gasteiger partial charge on any atom is 0.270 e. The molecule has 3 rings (SSSR count). The van der Waals surface area contributed by atoms with E-state index in [1.54, 1.807) is 6.07 Å². The molecule has 3 N–H and O–H groups in total. The van der Waals surface area contributed by atoms with Crippen molar-refractivity contribution in [3.63, 3.8) is 0 Å². The summed E-state index contributed by atoms with van der Waals surface area (Å²) >= 11 is 1.87. The van der Waals surface area contributed by atoms with Gasteiger partial charge in [-0.2, -0.15) is 11.8 Å². The van der Waals surface area contributed by atoms with Crippen LogP contribution in [0.15, 0.2) is 30.3 Å². The first-order valence-electron chi connectivity index (χ1n) is 6.28. The van der Waals surface area contributed by atoms with Gasteiger partial charge in [-0.3, -0.25) is 4.79 Å². The molecule has 1 aliphatic heterocycles. The van der Waals surface area contributed by atoms with Crippen molar-refractivity contribution in [1.29, 1.82) is 0 Å². The summed E-state index contributed by atoms with van der Waals surface area (Å²) in [5.74, 6) is 2.36. The molecule has 19 heavy (non-hydrogen) atoms. The Morgan fingerprint density at radius 2 is 2.26 bits per heavy atom. The topological polar surface area (TPSA) is 68.0 Å². The van der Waals surface area contributed by atoms with Gasteiger partial charge >= 0.3 is 0 Å². The van der Waals surface area contributed by atoms with Gasteiger partial charge in [0.2, 0.25) is 0 Å². The molecule has 2 aromatic rings. The van der Waals surface area contributed by atoms with E-state index in [1.807, 2.05) is 36.0 Å². The summed E-state index contributed by atoms with van der Waals surface area (Å²) in [5.41, 5.74) is 6.30. The van der Waals surface area contributed by atoms with Crippen molar-refractivity contribution in [2.24, 2.45) is 0 Å². The van der Waals surface area contributed by atoms with E-state index in [4.69, 9.17) is 5.73 Å². The Bertz CT molecular complexity index is 623. The predicted octanol–water partition coefficient (Wildman–Crippen LogP) is 2.05. The van der Waals surface area contributed by atoms with Gasteiger partial charge in [0.1, 0.15) is 11.5 Å². The van der Waals surface area contributed by atoms with Crippen molar-refractivity contribution in [3.8, 4) is 0 Å². The number of carbonyl (C=O) groups is 1. The molecule has 1 saturated heterocycles. The predicted molar refractivity (Wildman–Crippen MR) is 79.4 cm³/mol. The third kappa shape index (κ3) is 2.51. The summed E-state index contributed by atoms with van der Waals surface area (Å²) in [6.45, 7) is 0. The molecule has 98 valence electrons. The molecule has 5 heteroatoms. The molecule has 1 atom stereocenters. The molecule has 1 fully saturated rings. The minimum absolute atomic E-state index is 0.134. The highest BCUT2D eigenvalue weighted by Gasteiger charge is 2.19. The minimum atomic E-state index is -0.134. The van der Waals surface area contributed by atoms with Gasteiger partial charge in [-0.1, -0.05) is 24.3 Å². The number of aromatic nitrogens is 1. The Balaban J connectivity index is 1.89. The largest absolute Gasteiger partial charge is 0.383 e. The normalized spacial score (nSPS) is 18.6. The highest BCUT2D eigenvalue weighted by Crippen LogP contribution is 2.21. The molecule has 1 aromatic carbocycles. The summed E-state index contributed by atoms with van der Waals surface area (Å²) in [6.07, 6.45) is 1.03. The highest BCUT2D eigenvalue weighted by atomic mass is 32.2. The van der Waals surface area contributed by atoms with E-state index < -0.39 is 0 Å². The molecule has 1 amide bonds. The smallest absolute Gasteiger partial charge is 0.270 e. The Morgan fingerprint density at radius 1 is 1.42 bits per heavy atom. The summed E-state index contributed by atoms with van der Waals surface area (Å²) in [7, 11) is 0. The molecule has 1 aliphatic rings. The summed E-state index contributed by atoms with van der Waals surface area (Å²) in [4.78, 5) is 16.4. The van der Waals surface area contributed by atoms with Crippen LogP contribution in [0.2, 0.25) is 0 Å². The molecule has 1 unspecified atom stereocenters. The monoisotopic (exact) mass is 273 g/mol. The number of carbonyl (C=O) groups excluding carboxylic acids is 1. The fourth-order valence-electron chi connectivity index (χ4n) is 2.25. The van der Waals surface area contributed by atoms with Crippen LogP contribution in [0.25, 0.3) is 10.8 Å². The first-order valence-corrected chi connectivity index (χ1v) is 7.43. The van der Waals surface area contributed by atoms with Gasteiger partial charge in [0.15, 0.2) is 0 Å². The van der Waals surface area contributed by atoms with E-state index in [0.717, 1.165) is 28.7 Å². The maximum absolute atomic E-state index is 12.2. The van der Waals surface area contributed by atoms with Crippen LogP contribution in [-0.4, -0.2) is 28.4 Å².